The lowest BCUT2D eigenvalue weighted by molar-refractivity contribution is -0.137. The minimum absolute atomic E-state index is 0.232. The molecular weight excluding hydrogens is 636 g/mol. The molecule has 3 aromatic carbocycles. The van der Waals surface area contributed by atoms with E-state index in [0.29, 0.717) is 28.7 Å². The maximum Gasteiger partial charge on any atom is 0.416 e. The summed E-state index contributed by atoms with van der Waals surface area (Å²) in [5.41, 5.74) is 5.77. The average molecular weight is 661 g/mol. The Kier molecular flexibility index (Phi) is 8.33. The molecule has 49 heavy (non-hydrogen) atoms. The van der Waals surface area contributed by atoms with Crippen LogP contribution in [-0.2, 0) is 6.18 Å². The number of anilines is 4. The smallest absolute Gasteiger partial charge is 0.361 e. The number of hydrogen-bond donors (Lipinski definition) is 4. The summed E-state index contributed by atoms with van der Waals surface area (Å²) in [6.45, 7) is 0. The number of rotatable bonds is 6. The number of halogens is 4. The summed E-state index contributed by atoms with van der Waals surface area (Å²) >= 11 is 0. The van der Waals surface area contributed by atoms with Crippen LogP contribution in [-0.4, -0.2) is 39.9 Å². The van der Waals surface area contributed by atoms with E-state index < -0.39 is 11.7 Å². The van der Waals surface area contributed by atoms with Crippen LogP contribution < -0.4 is 10.6 Å². The second-order valence-electron chi connectivity index (χ2n) is 10.6. The predicted molar refractivity (Wildman–Crippen MR) is 179 cm³/mol. The lowest BCUT2D eigenvalue weighted by atomic mass is 10.1. The molecule has 0 radical (unpaired) electrons. The van der Waals surface area contributed by atoms with E-state index >= 15 is 0 Å². The molecule has 8 aromatic rings. The SMILES string of the molecule is FC(F)(F)c1cccc(Nc2nccc(-c3ccc4[nH]ccc4c3)n2)c1.Fc1cccc(Nc2nccc(-c3cnc4nc[nH]c4c3)n2)c1. The van der Waals surface area contributed by atoms with Crippen LogP contribution in [0, 0.1) is 5.82 Å². The molecule has 0 atom stereocenters. The number of imidazole rings is 1. The Labute approximate surface area is 275 Å². The molecule has 0 fully saturated rings. The first kappa shape index (κ1) is 30.9. The van der Waals surface area contributed by atoms with Gasteiger partial charge in [0.25, 0.3) is 0 Å². The normalized spacial score (nSPS) is 11.3. The molecule has 5 aromatic heterocycles. The van der Waals surface area contributed by atoms with Crippen molar-refractivity contribution in [1.29, 1.82) is 0 Å². The summed E-state index contributed by atoms with van der Waals surface area (Å²) in [4.78, 5) is 31.6. The Hall–Kier alpha value is -6.70. The van der Waals surface area contributed by atoms with Crippen molar-refractivity contribution in [2.45, 2.75) is 6.18 Å². The van der Waals surface area contributed by atoms with Crippen molar-refractivity contribution in [1.82, 2.24) is 39.9 Å². The van der Waals surface area contributed by atoms with Gasteiger partial charge in [-0.3, -0.25) is 0 Å². The quantitative estimate of drug-likeness (QED) is 0.130. The molecule has 8 rings (SSSR count). The molecule has 10 nitrogen and oxygen atoms in total. The minimum Gasteiger partial charge on any atom is -0.361 e. The van der Waals surface area contributed by atoms with Crippen molar-refractivity contribution in [3.8, 4) is 22.5 Å². The molecule has 0 aliphatic rings. The van der Waals surface area contributed by atoms with E-state index in [9.17, 15) is 17.6 Å². The number of aromatic amines is 2. The van der Waals surface area contributed by atoms with E-state index in [4.69, 9.17) is 0 Å². The Balaban J connectivity index is 0.000000155. The molecule has 0 bridgehead atoms. The Morgan fingerprint density at radius 3 is 2.06 bits per heavy atom. The number of aromatic nitrogens is 8. The molecule has 0 spiro atoms. The van der Waals surface area contributed by atoms with Gasteiger partial charge in [0.05, 0.1) is 28.8 Å². The van der Waals surface area contributed by atoms with E-state index in [1.807, 2.05) is 36.5 Å². The van der Waals surface area contributed by atoms with Gasteiger partial charge in [-0.25, -0.2) is 34.3 Å². The first-order valence-electron chi connectivity index (χ1n) is 14.8. The molecule has 0 unspecified atom stereocenters. The standard InChI is InChI=1S/C19H13F3N4.C16H11FN6/c20-19(21,22)14-2-1-3-15(11-14)25-18-24-9-7-17(26-18)12-4-5-16-13(10-12)6-8-23-16;17-11-2-1-3-12(7-11)22-16-18-5-4-13(23-16)10-6-14-15(19-8-10)21-9-20-14/h1-11,23H,(H,24,25,26);1-9H,(H,18,22,23)(H,19,20,21). The lowest BCUT2D eigenvalue weighted by Crippen LogP contribution is -2.05. The van der Waals surface area contributed by atoms with Crippen LogP contribution in [0.1, 0.15) is 5.56 Å². The Morgan fingerprint density at radius 1 is 0.612 bits per heavy atom. The second kappa shape index (κ2) is 13.2. The molecule has 14 heteroatoms. The molecular formula is C35H24F4N10. The van der Waals surface area contributed by atoms with Gasteiger partial charge in [-0.2, -0.15) is 13.2 Å². The topological polar surface area (TPSA) is 133 Å². The van der Waals surface area contributed by atoms with Gasteiger partial charge in [0.2, 0.25) is 11.9 Å². The van der Waals surface area contributed by atoms with Crippen LogP contribution >= 0.6 is 0 Å². The zero-order valence-electron chi connectivity index (χ0n) is 25.2. The van der Waals surface area contributed by atoms with Gasteiger partial charge in [0.15, 0.2) is 5.65 Å². The van der Waals surface area contributed by atoms with Crippen molar-refractivity contribution in [3.63, 3.8) is 0 Å². The summed E-state index contributed by atoms with van der Waals surface area (Å²) in [5.74, 6) is 0.300. The highest BCUT2D eigenvalue weighted by molar-refractivity contribution is 5.84. The first-order chi connectivity index (χ1) is 23.8. The highest BCUT2D eigenvalue weighted by Crippen LogP contribution is 2.31. The van der Waals surface area contributed by atoms with Gasteiger partial charge in [-0.1, -0.05) is 18.2 Å². The summed E-state index contributed by atoms with van der Waals surface area (Å²) in [5, 5.41) is 6.86. The fourth-order valence-corrected chi connectivity index (χ4v) is 4.94. The van der Waals surface area contributed by atoms with E-state index in [1.165, 1.54) is 24.3 Å². The fourth-order valence-electron chi connectivity index (χ4n) is 4.94. The van der Waals surface area contributed by atoms with Crippen LogP contribution in [0.2, 0.25) is 0 Å². The largest absolute Gasteiger partial charge is 0.416 e. The van der Waals surface area contributed by atoms with Gasteiger partial charge in [0.1, 0.15) is 5.82 Å². The van der Waals surface area contributed by atoms with E-state index in [0.717, 1.165) is 39.7 Å². The first-order valence-corrected chi connectivity index (χ1v) is 14.8. The number of alkyl halides is 3. The van der Waals surface area contributed by atoms with E-state index in [2.05, 4.69) is 50.5 Å². The maximum absolute atomic E-state index is 13.2. The molecule has 0 aliphatic carbocycles. The number of H-pyrrole nitrogens is 2. The summed E-state index contributed by atoms with van der Waals surface area (Å²) in [6, 6.07) is 24.4. The zero-order chi connectivity index (χ0) is 33.8. The second-order valence-corrected chi connectivity index (χ2v) is 10.6. The molecule has 0 saturated carbocycles. The van der Waals surface area contributed by atoms with Crippen LogP contribution in [0.25, 0.3) is 44.6 Å². The van der Waals surface area contributed by atoms with Crippen molar-refractivity contribution < 1.29 is 17.6 Å². The molecule has 242 valence electrons. The third kappa shape index (κ3) is 7.33. The monoisotopic (exact) mass is 660 g/mol. The highest BCUT2D eigenvalue weighted by atomic mass is 19.4. The Bertz CT molecular complexity index is 2390. The molecule has 4 N–H and O–H groups in total. The molecule has 0 aliphatic heterocycles. The van der Waals surface area contributed by atoms with Gasteiger partial charge in [-0.05, 0) is 72.8 Å². The van der Waals surface area contributed by atoms with Crippen molar-refractivity contribution in [3.05, 3.63) is 133 Å². The number of pyridine rings is 1. The highest BCUT2D eigenvalue weighted by Gasteiger charge is 2.30. The zero-order valence-corrected chi connectivity index (χ0v) is 25.2. The van der Waals surface area contributed by atoms with Gasteiger partial charge < -0.3 is 20.6 Å². The van der Waals surface area contributed by atoms with Crippen LogP contribution in [0.4, 0.5) is 40.8 Å². The number of hydrogen-bond acceptors (Lipinski definition) is 8. The average Bonchev–Trinajstić information content (AvgIpc) is 3.78. The van der Waals surface area contributed by atoms with Crippen molar-refractivity contribution >= 4 is 45.3 Å². The summed E-state index contributed by atoms with van der Waals surface area (Å²) < 4.78 is 51.7. The third-order valence-electron chi connectivity index (χ3n) is 7.26. The number of benzene rings is 3. The number of fused-ring (bicyclic) bond motifs is 2. The van der Waals surface area contributed by atoms with Crippen LogP contribution in [0.15, 0.2) is 122 Å². The van der Waals surface area contributed by atoms with Gasteiger partial charge in [-0.15, -0.1) is 0 Å². The number of nitrogens with zero attached hydrogens (tertiary/aromatic N) is 6. The molecule has 5 heterocycles. The van der Waals surface area contributed by atoms with Crippen molar-refractivity contribution in [2.75, 3.05) is 10.6 Å². The Morgan fingerprint density at radius 2 is 1.33 bits per heavy atom. The minimum atomic E-state index is -4.40. The fraction of sp³-hybridized carbons (Fsp3) is 0.0286. The maximum atomic E-state index is 13.2. The van der Waals surface area contributed by atoms with E-state index in [1.54, 1.807) is 49.2 Å². The molecule has 0 saturated heterocycles. The predicted octanol–water partition coefficient (Wildman–Crippen LogP) is 8.68. The van der Waals surface area contributed by atoms with Crippen LogP contribution in [0.3, 0.4) is 0 Å². The third-order valence-corrected chi connectivity index (χ3v) is 7.26. The van der Waals surface area contributed by atoms with Gasteiger partial charge >= 0.3 is 6.18 Å². The number of nitrogens with one attached hydrogen (secondary N) is 4. The summed E-state index contributed by atoms with van der Waals surface area (Å²) in [6.07, 6.45) is 3.97. The van der Waals surface area contributed by atoms with Gasteiger partial charge in [0, 0.05) is 58.2 Å². The molecule has 0 amide bonds. The lowest BCUT2D eigenvalue weighted by Gasteiger charge is -2.10. The van der Waals surface area contributed by atoms with Crippen molar-refractivity contribution in [2.24, 2.45) is 0 Å². The summed E-state index contributed by atoms with van der Waals surface area (Å²) in [7, 11) is 0. The van der Waals surface area contributed by atoms with Crippen LogP contribution in [0.5, 0.6) is 0 Å². The van der Waals surface area contributed by atoms with E-state index in [-0.39, 0.29) is 17.5 Å².